The van der Waals surface area contributed by atoms with Gasteiger partial charge in [-0.15, -0.1) is 11.8 Å². The number of hydrogen-bond acceptors (Lipinski definition) is 0. The molecule has 62 heavy (non-hydrogen) atoms. The van der Waals surface area contributed by atoms with E-state index in [2.05, 4.69) is 149 Å². The van der Waals surface area contributed by atoms with E-state index in [4.69, 9.17) is 0 Å². The maximum absolute atomic E-state index is 12.0. The second kappa shape index (κ2) is 31.8. The molecule has 1 heterocycles. The summed E-state index contributed by atoms with van der Waals surface area (Å²) >= 11 is 1.78. The number of unbranched alkanes of at least 4 members (excludes halogenated alkanes) is 14. The van der Waals surface area contributed by atoms with Gasteiger partial charge in [0.05, 0.1) is 0 Å². The average molecular weight is 876 g/mol. The fourth-order valence-corrected chi connectivity index (χ4v) is 9.38. The summed E-state index contributed by atoms with van der Waals surface area (Å²) in [6.07, 6.45) is 27.8. The van der Waals surface area contributed by atoms with Crippen LogP contribution in [0.1, 0.15) is 196 Å². The Kier molecular flexibility index (Phi) is 26.0. The van der Waals surface area contributed by atoms with Gasteiger partial charge in [0.1, 0.15) is 0 Å². The third-order valence-electron chi connectivity index (χ3n) is 11.9. The van der Waals surface area contributed by atoms with Gasteiger partial charge in [-0.2, -0.15) is 0 Å². The summed E-state index contributed by atoms with van der Waals surface area (Å²) in [6.45, 7) is 9.07. The van der Waals surface area contributed by atoms with E-state index in [1.54, 1.807) is 19.1 Å². The Morgan fingerprint density at radius 1 is 0.419 bits per heavy atom. The van der Waals surface area contributed by atoms with E-state index in [9.17, 15) is 5.53 Å². The van der Waals surface area contributed by atoms with Crippen molar-refractivity contribution in [3.05, 3.63) is 159 Å². The zero-order valence-electron chi connectivity index (χ0n) is 39.3. The summed E-state index contributed by atoms with van der Waals surface area (Å²) < 4.78 is 1.56. The molecular formula is C59H80N2Ni. The van der Waals surface area contributed by atoms with Gasteiger partial charge in [-0.05, 0) is 87.1 Å². The van der Waals surface area contributed by atoms with Crippen LogP contribution in [0.15, 0.2) is 120 Å². The molecule has 3 heteroatoms. The van der Waals surface area contributed by atoms with E-state index in [1.807, 2.05) is 0 Å². The fourth-order valence-electron chi connectivity index (χ4n) is 8.22. The Hall–Kier alpha value is -3.99. The van der Waals surface area contributed by atoms with E-state index in [-0.39, 0.29) is 0 Å². The maximum atomic E-state index is 12.0. The van der Waals surface area contributed by atoms with E-state index in [0.29, 0.717) is 0 Å². The second-order valence-corrected chi connectivity index (χ2v) is 18.3. The average Bonchev–Trinajstić information content (AvgIpc) is 3.58. The van der Waals surface area contributed by atoms with Crippen molar-refractivity contribution in [2.45, 2.75) is 186 Å². The Morgan fingerprint density at radius 2 is 0.887 bits per heavy atom. The van der Waals surface area contributed by atoms with E-state index in [1.165, 1.54) is 116 Å². The molecule has 0 fully saturated rings. The summed E-state index contributed by atoms with van der Waals surface area (Å²) in [4.78, 5) is 0. The molecule has 0 atom stereocenters. The number of allylic oxidation sites excluding steroid dienone is 2. The second-order valence-electron chi connectivity index (χ2n) is 17.1. The molecule has 0 aliphatic carbocycles. The first-order valence-electron chi connectivity index (χ1n) is 24.7. The fraction of sp³-hybridized carbons (Fsp3) is 0.492. The molecule has 0 amide bonds. The van der Waals surface area contributed by atoms with Gasteiger partial charge in [-0.1, -0.05) is 135 Å². The molecule has 0 bridgehead atoms. The molecule has 0 saturated carbocycles. The standard InChI is InChI=1S/C45H66N2.2C7H7.Ni/c1-5-9-13-14-15-16-17-18-19-20-21-22-23-24-25-29-39-30-26-27-33-41(39)45-43(32-12-8-4)42(31-11-7-3)44(47(45)46)40-36-34-38(35-37-40)28-10-6-2;2*1-7-5-3-2-4-6-7;/h26-27,30,33-37H,5-21,24-25,28-29,31-32H2,1-4H3;2*2-6H,1H2;. The van der Waals surface area contributed by atoms with Crippen molar-refractivity contribution in [3.63, 3.8) is 0 Å². The van der Waals surface area contributed by atoms with Crippen molar-refractivity contribution in [1.82, 2.24) is 0 Å². The van der Waals surface area contributed by atoms with E-state index in [0.717, 1.165) is 98.4 Å². The third kappa shape index (κ3) is 18.4. The number of hydrogen-bond donors (Lipinski definition) is 0. The topological polar surface area (TPSA) is 25.3 Å². The van der Waals surface area contributed by atoms with Crippen molar-refractivity contribution in [2.24, 2.45) is 0 Å². The first-order chi connectivity index (χ1) is 30.6. The summed E-state index contributed by atoms with van der Waals surface area (Å²) in [5.41, 5.74) is 24.5. The molecule has 0 saturated heterocycles. The first-order valence-corrected chi connectivity index (χ1v) is 26.1. The SMILES string of the molecule is CCCCCCCCCCCCC#CCCCc1ccccc1C1=C(CCCC)C(CCCC)=C(c2ccc(CCCC)cc2)[N+]1=[N-].c1ccc([CH2][Ni][CH2]c2ccccc2)cc1. The zero-order valence-corrected chi connectivity index (χ0v) is 40.3. The van der Waals surface area contributed by atoms with Crippen LogP contribution in [0.3, 0.4) is 0 Å². The van der Waals surface area contributed by atoms with Gasteiger partial charge in [0.15, 0.2) is 0 Å². The predicted molar refractivity (Wildman–Crippen MR) is 265 cm³/mol. The summed E-state index contributed by atoms with van der Waals surface area (Å²) in [5.74, 6) is 6.92. The number of benzene rings is 4. The van der Waals surface area contributed by atoms with Crippen LogP contribution in [0.5, 0.6) is 0 Å². The molecule has 5 rings (SSSR count). The van der Waals surface area contributed by atoms with Crippen LogP contribution in [0.2, 0.25) is 0 Å². The van der Waals surface area contributed by atoms with E-state index < -0.39 is 0 Å². The number of nitrogens with zero attached hydrogens (tertiary/aromatic N) is 2. The Balaban J connectivity index is 0.000000469. The zero-order chi connectivity index (χ0) is 43.9. The van der Waals surface area contributed by atoms with Crippen LogP contribution in [-0.4, -0.2) is 4.70 Å². The summed E-state index contributed by atoms with van der Waals surface area (Å²) in [6, 6.07) is 39.0. The Labute approximate surface area is 385 Å². The van der Waals surface area contributed by atoms with Gasteiger partial charge in [0.25, 0.3) is 0 Å². The van der Waals surface area contributed by atoms with Gasteiger partial charge in [-0.3, -0.25) is 0 Å². The summed E-state index contributed by atoms with van der Waals surface area (Å²) in [7, 11) is 0. The van der Waals surface area contributed by atoms with Crippen LogP contribution in [0.4, 0.5) is 0 Å². The molecule has 4 aromatic rings. The normalized spacial score (nSPS) is 12.4. The van der Waals surface area contributed by atoms with Crippen molar-refractivity contribution >= 4 is 11.4 Å². The van der Waals surface area contributed by atoms with Gasteiger partial charge in [0.2, 0.25) is 11.4 Å². The number of aryl methyl sites for hydroxylation is 2. The van der Waals surface area contributed by atoms with Gasteiger partial charge in [0, 0.05) is 35.1 Å². The Morgan fingerprint density at radius 3 is 1.45 bits per heavy atom. The number of rotatable bonds is 28. The molecule has 0 N–H and O–H groups in total. The van der Waals surface area contributed by atoms with Crippen molar-refractivity contribution in [3.8, 4) is 11.8 Å². The van der Waals surface area contributed by atoms with Gasteiger partial charge in [-0.25, -0.2) is 4.70 Å². The molecule has 0 radical (unpaired) electrons. The molecular weight excluding hydrogens is 795 g/mol. The molecule has 1 aliphatic rings. The van der Waals surface area contributed by atoms with Crippen LogP contribution < -0.4 is 0 Å². The summed E-state index contributed by atoms with van der Waals surface area (Å²) in [5, 5.41) is 2.23. The predicted octanol–water partition coefficient (Wildman–Crippen LogP) is 17.7. The molecule has 0 aromatic heterocycles. The molecule has 4 aromatic carbocycles. The quantitative estimate of drug-likeness (QED) is 0.0235. The van der Waals surface area contributed by atoms with Crippen molar-refractivity contribution < 1.29 is 19.1 Å². The Bertz CT molecular complexity index is 1900. The third-order valence-corrected chi connectivity index (χ3v) is 13.2. The van der Waals surface area contributed by atoms with Crippen LogP contribution in [0, 0.1) is 11.8 Å². The van der Waals surface area contributed by atoms with Crippen LogP contribution in [0.25, 0.3) is 16.9 Å². The van der Waals surface area contributed by atoms with Gasteiger partial charge < -0.3 is 5.53 Å². The van der Waals surface area contributed by atoms with Crippen LogP contribution >= 0.6 is 0 Å². The van der Waals surface area contributed by atoms with E-state index >= 15 is 0 Å². The minimum absolute atomic E-state index is 0.937. The molecule has 2 nitrogen and oxygen atoms in total. The molecule has 1 aliphatic heterocycles. The molecule has 0 unspecified atom stereocenters. The van der Waals surface area contributed by atoms with Crippen molar-refractivity contribution in [1.29, 1.82) is 0 Å². The molecule has 336 valence electrons. The molecule has 0 spiro atoms. The van der Waals surface area contributed by atoms with Gasteiger partial charge >= 0.3 is 97.0 Å². The minimum atomic E-state index is 0.937. The van der Waals surface area contributed by atoms with Crippen LogP contribution in [-0.2, 0) is 38.1 Å². The first kappa shape index (κ1) is 50.7. The monoisotopic (exact) mass is 875 g/mol. The van der Waals surface area contributed by atoms with Crippen molar-refractivity contribution in [2.75, 3.05) is 0 Å².